The van der Waals surface area contributed by atoms with Crippen molar-refractivity contribution in [3.63, 3.8) is 0 Å². The van der Waals surface area contributed by atoms with Crippen LogP contribution in [-0.2, 0) is 20.8 Å². The SMILES string of the molecule is CC(C)(C)OC(=O)NC1CCC(OCCOCc2ccccc2)CC1. The van der Waals surface area contributed by atoms with E-state index in [0.717, 1.165) is 25.7 Å². The molecule has 0 aliphatic heterocycles. The molecule has 1 aliphatic carbocycles. The summed E-state index contributed by atoms with van der Waals surface area (Å²) >= 11 is 0. The molecule has 5 nitrogen and oxygen atoms in total. The molecule has 0 radical (unpaired) electrons. The zero-order valence-electron chi connectivity index (χ0n) is 15.6. The van der Waals surface area contributed by atoms with Gasteiger partial charge in [-0.25, -0.2) is 4.79 Å². The molecule has 1 amide bonds. The van der Waals surface area contributed by atoms with E-state index in [-0.39, 0.29) is 18.2 Å². The zero-order valence-corrected chi connectivity index (χ0v) is 15.6. The van der Waals surface area contributed by atoms with Crippen LogP contribution in [0.2, 0.25) is 0 Å². The standard InChI is InChI=1S/C20H31NO4/c1-20(2,3)25-19(22)21-17-9-11-18(12-10-17)24-14-13-23-15-16-7-5-4-6-8-16/h4-8,17-18H,9-15H2,1-3H3,(H,21,22). The molecular weight excluding hydrogens is 318 g/mol. The van der Waals surface area contributed by atoms with Crippen molar-refractivity contribution in [1.29, 1.82) is 0 Å². The van der Waals surface area contributed by atoms with E-state index in [0.29, 0.717) is 19.8 Å². The molecule has 1 saturated carbocycles. The average Bonchev–Trinajstić information content (AvgIpc) is 2.55. The number of ether oxygens (including phenoxy) is 3. The number of rotatable bonds is 7. The Morgan fingerprint density at radius 3 is 2.40 bits per heavy atom. The van der Waals surface area contributed by atoms with Gasteiger partial charge in [-0.15, -0.1) is 0 Å². The summed E-state index contributed by atoms with van der Waals surface area (Å²) in [6.07, 6.45) is 3.70. The van der Waals surface area contributed by atoms with E-state index in [1.807, 2.05) is 39.0 Å². The summed E-state index contributed by atoms with van der Waals surface area (Å²) in [5, 5.41) is 2.95. The summed E-state index contributed by atoms with van der Waals surface area (Å²) in [6, 6.07) is 10.3. The van der Waals surface area contributed by atoms with Crippen molar-refractivity contribution >= 4 is 6.09 Å². The molecule has 0 heterocycles. The lowest BCUT2D eigenvalue weighted by molar-refractivity contribution is -0.0177. The van der Waals surface area contributed by atoms with Gasteiger partial charge in [0.1, 0.15) is 5.60 Å². The van der Waals surface area contributed by atoms with Crippen LogP contribution in [0.1, 0.15) is 52.0 Å². The van der Waals surface area contributed by atoms with Gasteiger partial charge in [-0.2, -0.15) is 0 Å². The minimum absolute atomic E-state index is 0.184. The van der Waals surface area contributed by atoms with Crippen LogP contribution in [0.3, 0.4) is 0 Å². The zero-order chi connectivity index (χ0) is 18.1. The second-order valence-electron chi connectivity index (χ2n) is 7.53. The Balaban J connectivity index is 1.53. The Bertz CT molecular complexity index is 504. The van der Waals surface area contributed by atoms with Crippen LogP contribution >= 0.6 is 0 Å². The molecule has 2 rings (SSSR count). The number of nitrogens with one attached hydrogen (secondary N) is 1. The number of amides is 1. The molecule has 0 unspecified atom stereocenters. The van der Waals surface area contributed by atoms with Gasteiger partial charge in [-0.05, 0) is 52.0 Å². The number of alkyl carbamates (subject to hydrolysis) is 1. The first-order valence-corrected chi connectivity index (χ1v) is 9.15. The van der Waals surface area contributed by atoms with E-state index >= 15 is 0 Å². The summed E-state index contributed by atoms with van der Waals surface area (Å²) in [6.45, 7) is 7.45. The van der Waals surface area contributed by atoms with Crippen LogP contribution in [0.4, 0.5) is 4.79 Å². The monoisotopic (exact) mass is 349 g/mol. The van der Waals surface area contributed by atoms with E-state index < -0.39 is 5.60 Å². The third kappa shape index (κ3) is 8.36. The number of hydrogen-bond acceptors (Lipinski definition) is 4. The molecule has 1 aliphatic rings. The predicted octanol–water partition coefficient (Wildman–Crippen LogP) is 4.06. The fourth-order valence-electron chi connectivity index (χ4n) is 2.89. The van der Waals surface area contributed by atoms with E-state index in [1.165, 1.54) is 5.56 Å². The Kier molecular flexibility index (Phi) is 7.72. The summed E-state index contributed by atoms with van der Waals surface area (Å²) < 4.78 is 16.8. The van der Waals surface area contributed by atoms with Crippen LogP contribution in [0.15, 0.2) is 30.3 Å². The summed E-state index contributed by atoms with van der Waals surface area (Å²) in [7, 11) is 0. The molecule has 1 aromatic rings. The smallest absolute Gasteiger partial charge is 0.407 e. The maximum Gasteiger partial charge on any atom is 0.407 e. The number of hydrogen-bond donors (Lipinski definition) is 1. The van der Waals surface area contributed by atoms with Gasteiger partial charge in [-0.1, -0.05) is 30.3 Å². The highest BCUT2D eigenvalue weighted by Gasteiger charge is 2.24. The van der Waals surface area contributed by atoms with Gasteiger partial charge in [-0.3, -0.25) is 0 Å². The van der Waals surface area contributed by atoms with Crippen molar-refractivity contribution in [3.8, 4) is 0 Å². The molecule has 0 spiro atoms. The Hall–Kier alpha value is -1.59. The minimum Gasteiger partial charge on any atom is -0.444 e. The molecule has 0 bridgehead atoms. The van der Waals surface area contributed by atoms with Crippen molar-refractivity contribution in [2.24, 2.45) is 0 Å². The second-order valence-corrected chi connectivity index (χ2v) is 7.53. The molecule has 1 aromatic carbocycles. The quantitative estimate of drug-likeness (QED) is 0.754. The average molecular weight is 349 g/mol. The van der Waals surface area contributed by atoms with Gasteiger partial charge in [0.25, 0.3) is 0 Å². The summed E-state index contributed by atoms with van der Waals surface area (Å²) in [5.74, 6) is 0. The highest BCUT2D eigenvalue weighted by molar-refractivity contribution is 5.68. The normalized spacial score (nSPS) is 20.9. The molecular formula is C20H31NO4. The third-order valence-corrected chi connectivity index (χ3v) is 4.09. The lowest BCUT2D eigenvalue weighted by Gasteiger charge is -2.30. The maximum atomic E-state index is 11.8. The van der Waals surface area contributed by atoms with Gasteiger partial charge in [0.2, 0.25) is 0 Å². The molecule has 0 aromatic heterocycles. The van der Waals surface area contributed by atoms with Crippen molar-refractivity contribution < 1.29 is 19.0 Å². The fourth-order valence-corrected chi connectivity index (χ4v) is 2.89. The minimum atomic E-state index is -0.454. The number of carbonyl (C=O) groups is 1. The van der Waals surface area contributed by atoms with Crippen LogP contribution in [0, 0.1) is 0 Å². The van der Waals surface area contributed by atoms with Gasteiger partial charge in [0.05, 0.1) is 25.9 Å². The van der Waals surface area contributed by atoms with E-state index in [9.17, 15) is 4.79 Å². The third-order valence-electron chi connectivity index (χ3n) is 4.09. The second kappa shape index (κ2) is 9.78. The maximum absolute atomic E-state index is 11.8. The van der Waals surface area contributed by atoms with Crippen LogP contribution in [0.5, 0.6) is 0 Å². The van der Waals surface area contributed by atoms with Crippen molar-refractivity contribution in [3.05, 3.63) is 35.9 Å². The highest BCUT2D eigenvalue weighted by Crippen LogP contribution is 2.21. The largest absolute Gasteiger partial charge is 0.444 e. The fraction of sp³-hybridized carbons (Fsp3) is 0.650. The predicted molar refractivity (Wildman–Crippen MR) is 97.5 cm³/mol. The Morgan fingerprint density at radius 2 is 1.76 bits per heavy atom. The first-order chi connectivity index (χ1) is 11.9. The molecule has 0 saturated heterocycles. The van der Waals surface area contributed by atoms with E-state index in [4.69, 9.17) is 14.2 Å². The summed E-state index contributed by atoms with van der Waals surface area (Å²) in [4.78, 5) is 11.8. The molecule has 5 heteroatoms. The van der Waals surface area contributed by atoms with Crippen molar-refractivity contribution in [2.45, 2.75) is 70.8 Å². The number of benzene rings is 1. The molecule has 25 heavy (non-hydrogen) atoms. The van der Waals surface area contributed by atoms with Crippen molar-refractivity contribution in [2.75, 3.05) is 13.2 Å². The van der Waals surface area contributed by atoms with Gasteiger partial charge in [0.15, 0.2) is 0 Å². The lowest BCUT2D eigenvalue weighted by Crippen LogP contribution is -2.42. The highest BCUT2D eigenvalue weighted by atomic mass is 16.6. The van der Waals surface area contributed by atoms with E-state index in [2.05, 4.69) is 17.4 Å². The molecule has 1 fully saturated rings. The van der Waals surface area contributed by atoms with Crippen LogP contribution < -0.4 is 5.32 Å². The lowest BCUT2D eigenvalue weighted by atomic mass is 9.93. The Morgan fingerprint density at radius 1 is 1.08 bits per heavy atom. The molecule has 0 atom stereocenters. The first-order valence-electron chi connectivity index (χ1n) is 9.15. The molecule has 1 N–H and O–H groups in total. The Labute approximate surface area is 151 Å². The van der Waals surface area contributed by atoms with E-state index in [1.54, 1.807) is 0 Å². The van der Waals surface area contributed by atoms with Crippen LogP contribution in [0.25, 0.3) is 0 Å². The topological polar surface area (TPSA) is 56.8 Å². The van der Waals surface area contributed by atoms with Gasteiger partial charge < -0.3 is 19.5 Å². The van der Waals surface area contributed by atoms with Crippen molar-refractivity contribution in [1.82, 2.24) is 5.32 Å². The molecule has 140 valence electrons. The van der Waals surface area contributed by atoms with Crippen LogP contribution in [-0.4, -0.2) is 37.1 Å². The summed E-state index contributed by atoms with van der Waals surface area (Å²) in [5.41, 5.74) is 0.723. The number of carbonyl (C=O) groups excluding carboxylic acids is 1. The van der Waals surface area contributed by atoms with Gasteiger partial charge in [0, 0.05) is 6.04 Å². The van der Waals surface area contributed by atoms with Gasteiger partial charge >= 0.3 is 6.09 Å². The first kappa shape index (κ1) is 19.7.